The lowest BCUT2D eigenvalue weighted by Crippen LogP contribution is -2.42. The van der Waals surface area contributed by atoms with Gasteiger partial charge in [0.15, 0.2) is 6.61 Å². The molecular formula is C15H19NO3. The Balaban J connectivity index is 1.83. The SMILES string of the molecule is Cc1ccc(OCC(=O)N2CCCC(C=O)C2)cc1. The second kappa shape index (κ2) is 6.36. The quantitative estimate of drug-likeness (QED) is 0.777. The summed E-state index contributed by atoms with van der Waals surface area (Å²) >= 11 is 0. The van der Waals surface area contributed by atoms with Gasteiger partial charge in [-0.1, -0.05) is 17.7 Å². The molecule has 1 fully saturated rings. The van der Waals surface area contributed by atoms with E-state index in [1.165, 1.54) is 0 Å². The van der Waals surface area contributed by atoms with Crippen LogP contribution in [0.2, 0.25) is 0 Å². The number of amides is 1. The normalized spacial score (nSPS) is 19.0. The van der Waals surface area contributed by atoms with Gasteiger partial charge in [-0.25, -0.2) is 0 Å². The van der Waals surface area contributed by atoms with Crippen LogP contribution in [0, 0.1) is 12.8 Å². The molecule has 4 nitrogen and oxygen atoms in total. The van der Waals surface area contributed by atoms with E-state index in [1.807, 2.05) is 31.2 Å². The van der Waals surface area contributed by atoms with E-state index >= 15 is 0 Å². The Morgan fingerprint density at radius 1 is 1.42 bits per heavy atom. The first-order valence-electron chi connectivity index (χ1n) is 6.61. The van der Waals surface area contributed by atoms with Gasteiger partial charge >= 0.3 is 0 Å². The first-order valence-corrected chi connectivity index (χ1v) is 6.61. The third kappa shape index (κ3) is 3.81. The number of nitrogens with zero attached hydrogens (tertiary/aromatic N) is 1. The van der Waals surface area contributed by atoms with Crippen LogP contribution in [0.3, 0.4) is 0 Å². The topological polar surface area (TPSA) is 46.6 Å². The average molecular weight is 261 g/mol. The summed E-state index contributed by atoms with van der Waals surface area (Å²) in [6.07, 6.45) is 2.71. The van der Waals surface area contributed by atoms with Crippen LogP contribution < -0.4 is 4.74 Å². The average Bonchev–Trinajstić information content (AvgIpc) is 2.46. The summed E-state index contributed by atoms with van der Waals surface area (Å²) in [7, 11) is 0. The molecule has 0 aromatic heterocycles. The third-order valence-corrected chi connectivity index (χ3v) is 3.39. The van der Waals surface area contributed by atoms with Crippen LogP contribution in [-0.2, 0) is 9.59 Å². The molecule has 4 heteroatoms. The van der Waals surface area contributed by atoms with Crippen molar-refractivity contribution in [1.82, 2.24) is 4.90 Å². The van der Waals surface area contributed by atoms with Crippen molar-refractivity contribution in [3.8, 4) is 5.75 Å². The number of carbonyl (C=O) groups excluding carboxylic acids is 2. The van der Waals surface area contributed by atoms with E-state index in [0.717, 1.165) is 31.2 Å². The molecule has 0 saturated carbocycles. The molecule has 19 heavy (non-hydrogen) atoms. The number of benzene rings is 1. The number of hydrogen-bond donors (Lipinski definition) is 0. The maximum atomic E-state index is 12.0. The van der Waals surface area contributed by atoms with E-state index in [4.69, 9.17) is 4.74 Å². The predicted octanol–water partition coefficient (Wildman–Crippen LogP) is 1.81. The van der Waals surface area contributed by atoms with E-state index < -0.39 is 0 Å². The fourth-order valence-electron chi connectivity index (χ4n) is 2.22. The minimum absolute atomic E-state index is 0.0166. The minimum Gasteiger partial charge on any atom is -0.484 e. The largest absolute Gasteiger partial charge is 0.484 e. The minimum atomic E-state index is -0.0490. The fraction of sp³-hybridized carbons (Fsp3) is 0.467. The molecule has 1 atom stereocenters. The molecule has 2 rings (SSSR count). The van der Waals surface area contributed by atoms with Gasteiger partial charge in [-0.3, -0.25) is 4.79 Å². The van der Waals surface area contributed by atoms with Crippen molar-refractivity contribution in [3.63, 3.8) is 0 Å². The number of carbonyl (C=O) groups is 2. The highest BCUT2D eigenvalue weighted by molar-refractivity contribution is 5.78. The number of likely N-dealkylation sites (tertiary alicyclic amines) is 1. The Labute approximate surface area is 113 Å². The lowest BCUT2D eigenvalue weighted by molar-refractivity contribution is -0.135. The molecule has 1 aliphatic rings. The van der Waals surface area contributed by atoms with Crippen LogP contribution in [0.15, 0.2) is 24.3 Å². The molecule has 1 aromatic carbocycles. The van der Waals surface area contributed by atoms with Gasteiger partial charge in [0.25, 0.3) is 5.91 Å². The summed E-state index contributed by atoms with van der Waals surface area (Å²) in [5, 5.41) is 0. The number of aryl methyl sites for hydroxylation is 1. The predicted molar refractivity (Wildman–Crippen MR) is 72.0 cm³/mol. The van der Waals surface area contributed by atoms with Crippen molar-refractivity contribution >= 4 is 12.2 Å². The van der Waals surface area contributed by atoms with Gasteiger partial charge < -0.3 is 14.4 Å². The third-order valence-electron chi connectivity index (χ3n) is 3.39. The van der Waals surface area contributed by atoms with Crippen LogP contribution in [0.4, 0.5) is 0 Å². The number of hydrogen-bond acceptors (Lipinski definition) is 3. The van der Waals surface area contributed by atoms with E-state index in [-0.39, 0.29) is 18.4 Å². The smallest absolute Gasteiger partial charge is 0.260 e. The zero-order valence-electron chi connectivity index (χ0n) is 11.2. The van der Waals surface area contributed by atoms with Crippen LogP contribution >= 0.6 is 0 Å². The maximum absolute atomic E-state index is 12.0. The molecule has 0 spiro atoms. The Morgan fingerprint density at radius 3 is 2.84 bits per heavy atom. The van der Waals surface area contributed by atoms with Crippen molar-refractivity contribution < 1.29 is 14.3 Å². The molecule has 1 heterocycles. The van der Waals surface area contributed by atoms with E-state index in [1.54, 1.807) is 4.90 Å². The first-order chi connectivity index (χ1) is 9.19. The molecule has 0 aliphatic carbocycles. The monoisotopic (exact) mass is 261 g/mol. The van der Waals surface area contributed by atoms with Gasteiger partial charge in [-0.2, -0.15) is 0 Å². The van der Waals surface area contributed by atoms with Gasteiger partial charge in [-0.15, -0.1) is 0 Å². The van der Waals surface area contributed by atoms with Gasteiger partial charge in [0, 0.05) is 19.0 Å². The van der Waals surface area contributed by atoms with Gasteiger partial charge in [0.05, 0.1) is 0 Å². The van der Waals surface area contributed by atoms with E-state index in [9.17, 15) is 9.59 Å². The first kappa shape index (κ1) is 13.6. The molecule has 1 unspecified atom stereocenters. The molecule has 1 saturated heterocycles. The summed E-state index contributed by atoms with van der Waals surface area (Å²) in [6, 6.07) is 7.60. The van der Waals surface area contributed by atoms with E-state index in [2.05, 4.69) is 0 Å². The summed E-state index contributed by atoms with van der Waals surface area (Å²) in [4.78, 5) is 24.5. The van der Waals surface area contributed by atoms with Crippen molar-refractivity contribution in [2.75, 3.05) is 19.7 Å². The molecule has 1 aliphatic heterocycles. The standard InChI is InChI=1S/C15H19NO3/c1-12-4-6-14(7-5-12)19-11-15(18)16-8-2-3-13(9-16)10-17/h4-7,10,13H,2-3,8-9,11H2,1H3. The van der Waals surface area contributed by atoms with Crippen molar-refractivity contribution in [2.45, 2.75) is 19.8 Å². The summed E-state index contributed by atoms with van der Waals surface area (Å²) in [5.74, 6) is 0.632. The highest BCUT2D eigenvalue weighted by Gasteiger charge is 2.23. The second-order valence-corrected chi connectivity index (χ2v) is 4.98. The molecule has 1 amide bonds. The summed E-state index contributed by atoms with van der Waals surface area (Å²) in [6.45, 7) is 3.29. The maximum Gasteiger partial charge on any atom is 0.260 e. The molecule has 102 valence electrons. The molecular weight excluding hydrogens is 242 g/mol. The van der Waals surface area contributed by atoms with Gasteiger partial charge in [0.2, 0.25) is 0 Å². The molecule has 0 radical (unpaired) electrons. The number of ether oxygens (including phenoxy) is 1. The van der Waals surface area contributed by atoms with Crippen molar-refractivity contribution in [1.29, 1.82) is 0 Å². The highest BCUT2D eigenvalue weighted by Crippen LogP contribution is 2.15. The van der Waals surface area contributed by atoms with Gasteiger partial charge in [-0.05, 0) is 31.9 Å². The number of rotatable bonds is 4. The molecule has 1 aromatic rings. The Hall–Kier alpha value is -1.84. The lowest BCUT2D eigenvalue weighted by Gasteiger charge is -2.30. The number of piperidine rings is 1. The summed E-state index contributed by atoms with van der Waals surface area (Å²) in [5.41, 5.74) is 1.16. The molecule has 0 bridgehead atoms. The number of aldehydes is 1. The Morgan fingerprint density at radius 2 is 2.16 bits per heavy atom. The van der Waals surface area contributed by atoms with Crippen molar-refractivity contribution in [3.05, 3.63) is 29.8 Å². The van der Waals surface area contributed by atoms with E-state index in [0.29, 0.717) is 12.3 Å². The van der Waals surface area contributed by atoms with Crippen LogP contribution in [0.1, 0.15) is 18.4 Å². The van der Waals surface area contributed by atoms with Crippen LogP contribution in [-0.4, -0.2) is 36.8 Å². The van der Waals surface area contributed by atoms with Crippen LogP contribution in [0.25, 0.3) is 0 Å². The summed E-state index contributed by atoms with van der Waals surface area (Å²) < 4.78 is 5.47. The zero-order chi connectivity index (χ0) is 13.7. The van der Waals surface area contributed by atoms with Gasteiger partial charge in [0.1, 0.15) is 12.0 Å². The zero-order valence-corrected chi connectivity index (χ0v) is 11.2. The lowest BCUT2D eigenvalue weighted by atomic mass is 10.00. The highest BCUT2D eigenvalue weighted by atomic mass is 16.5. The fourth-order valence-corrected chi connectivity index (χ4v) is 2.22. The van der Waals surface area contributed by atoms with Crippen LogP contribution in [0.5, 0.6) is 5.75 Å². The van der Waals surface area contributed by atoms with Crippen molar-refractivity contribution in [2.24, 2.45) is 5.92 Å². The Bertz CT molecular complexity index is 441. The molecule has 0 N–H and O–H groups in total. The second-order valence-electron chi connectivity index (χ2n) is 4.98. The Kier molecular flexibility index (Phi) is 4.55.